The predicted octanol–water partition coefficient (Wildman–Crippen LogP) is 3.80. The van der Waals surface area contributed by atoms with Crippen molar-refractivity contribution in [3.63, 3.8) is 0 Å². The summed E-state index contributed by atoms with van der Waals surface area (Å²) < 4.78 is 0. The molecule has 1 atom stereocenters. The third kappa shape index (κ3) is 3.43. The Bertz CT molecular complexity index is 879. The number of aliphatic hydroxyl groups excluding tert-OH is 1. The highest BCUT2D eigenvalue weighted by Crippen LogP contribution is 2.30. The van der Waals surface area contributed by atoms with Crippen molar-refractivity contribution in [2.24, 2.45) is 5.92 Å². The molecular weight excluding hydrogens is 324 g/mol. The minimum atomic E-state index is -0.414. The van der Waals surface area contributed by atoms with Crippen molar-refractivity contribution in [1.29, 1.82) is 0 Å². The fraction of sp³-hybridized carbons (Fsp3) is 0.318. The van der Waals surface area contributed by atoms with Crippen LogP contribution in [0.25, 0.3) is 10.9 Å². The summed E-state index contributed by atoms with van der Waals surface area (Å²) in [5.74, 6) is 0.418. The lowest BCUT2D eigenvalue weighted by Gasteiger charge is -2.34. The Labute approximate surface area is 153 Å². The molecule has 4 nitrogen and oxygen atoms in total. The van der Waals surface area contributed by atoms with E-state index in [4.69, 9.17) is 0 Å². The molecule has 0 aliphatic carbocycles. The summed E-state index contributed by atoms with van der Waals surface area (Å²) in [5, 5.41) is 11.6. The summed E-state index contributed by atoms with van der Waals surface area (Å²) in [5.41, 5.74) is 2.76. The van der Waals surface area contributed by atoms with E-state index in [0.717, 1.165) is 48.0 Å². The second-order valence-electron chi connectivity index (χ2n) is 7.14. The number of hydrogen-bond donors (Lipinski definition) is 2. The van der Waals surface area contributed by atoms with Crippen LogP contribution in [0.4, 0.5) is 0 Å². The van der Waals surface area contributed by atoms with Crippen molar-refractivity contribution in [3.05, 3.63) is 71.9 Å². The lowest BCUT2D eigenvalue weighted by atomic mass is 9.87. The molecular formula is C22H24N2O2. The van der Waals surface area contributed by atoms with Crippen LogP contribution >= 0.6 is 0 Å². The number of ketones is 1. The maximum Gasteiger partial charge on any atom is 0.178 e. The number of fused-ring (bicyclic) bond motifs is 1. The summed E-state index contributed by atoms with van der Waals surface area (Å²) >= 11 is 0. The molecule has 4 heteroatoms. The summed E-state index contributed by atoms with van der Waals surface area (Å²) in [7, 11) is 0. The normalized spacial score (nSPS) is 17.4. The molecule has 0 radical (unpaired) electrons. The molecule has 1 aromatic heterocycles. The van der Waals surface area contributed by atoms with E-state index in [2.05, 4.69) is 9.88 Å². The van der Waals surface area contributed by atoms with E-state index in [1.165, 1.54) is 0 Å². The molecule has 0 saturated carbocycles. The van der Waals surface area contributed by atoms with Crippen LogP contribution in [0.2, 0.25) is 0 Å². The minimum Gasteiger partial charge on any atom is -0.388 e. The Morgan fingerprint density at radius 1 is 1.08 bits per heavy atom. The number of benzene rings is 2. The van der Waals surface area contributed by atoms with Crippen LogP contribution in [0.3, 0.4) is 0 Å². The number of carbonyl (C=O) groups is 1. The maximum atomic E-state index is 12.7. The first kappa shape index (κ1) is 17.0. The van der Waals surface area contributed by atoms with Gasteiger partial charge in [-0.15, -0.1) is 0 Å². The number of likely N-dealkylation sites (tertiary alicyclic amines) is 1. The molecule has 0 unspecified atom stereocenters. The van der Waals surface area contributed by atoms with Crippen LogP contribution in [-0.4, -0.2) is 40.4 Å². The van der Waals surface area contributed by atoms with Gasteiger partial charge in [-0.3, -0.25) is 9.69 Å². The monoisotopic (exact) mass is 348 g/mol. The topological polar surface area (TPSA) is 56.3 Å². The third-order valence-electron chi connectivity index (χ3n) is 5.48. The highest BCUT2D eigenvalue weighted by atomic mass is 16.3. The van der Waals surface area contributed by atoms with Gasteiger partial charge in [-0.25, -0.2) is 0 Å². The zero-order valence-electron chi connectivity index (χ0n) is 14.8. The van der Waals surface area contributed by atoms with Gasteiger partial charge in [0.05, 0.1) is 12.6 Å². The van der Waals surface area contributed by atoms with Crippen LogP contribution in [0.15, 0.2) is 60.8 Å². The molecule has 3 aromatic rings. The molecule has 2 heterocycles. The van der Waals surface area contributed by atoms with Gasteiger partial charge in [0.1, 0.15) is 0 Å². The van der Waals surface area contributed by atoms with E-state index in [0.29, 0.717) is 6.54 Å². The molecule has 0 bridgehead atoms. The Hall–Kier alpha value is -2.43. The standard InChI is InChI=1S/C22H24N2O2/c25-21(19-14-23-20-9-5-4-8-18(19)20)15-24-12-10-17(11-13-24)22(26)16-6-2-1-3-7-16/h1-9,14,17,22-23,26H,10-13,15H2/t22-/m1/s1. The molecule has 2 aromatic carbocycles. The number of para-hydroxylation sites is 1. The minimum absolute atomic E-state index is 0.157. The highest BCUT2D eigenvalue weighted by molar-refractivity contribution is 6.08. The Kier molecular flexibility index (Phi) is 4.87. The number of aromatic nitrogens is 1. The number of aliphatic hydroxyl groups is 1. The SMILES string of the molecule is O=C(CN1CCC([C@H](O)c2ccccc2)CC1)c1c[nH]c2ccccc12. The number of Topliss-reactive ketones (excluding diaryl/α,β-unsaturated/α-hetero) is 1. The van der Waals surface area contributed by atoms with Crippen LogP contribution in [0.5, 0.6) is 0 Å². The summed E-state index contributed by atoms with van der Waals surface area (Å²) in [6, 6.07) is 17.8. The second kappa shape index (κ2) is 7.44. The van der Waals surface area contributed by atoms with Crippen molar-refractivity contribution in [3.8, 4) is 0 Å². The number of nitrogens with zero attached hydrogens (tertiary/aromatic N) is 1. The number of nitrogens with one attached hydrogen (secondary N) is 1. The van der Waals surface area contributed by atoms with E-state index >= 15 is 0 Å². The van der Waals surface area contributed by atoms with Gasteiger partial charge in [-0.2, -0.15) is 0 Å². The van der Waals surface area contributed by atoms with Gasteiger partial charge in [-0.05, 0) is 43.5 Å². The Balaban J connectivity index is 1.36. The van der Waals surface area contributed by atoms with Gasteiger partial charge in [-0.1, -0.05) is 48.5 Å². The first-order valence-corrected chi connectivity index (χ1v) is 9.27. The molecule has 134 valence electrons. The zero-order valence-corrected chi connectivity index (χ0v) is 14.8. The van der Waals surface area contributed by atoms with E-state index in [-0.39, 0.29) is 11.7 Å². The summed E-state index contributed by atoms with van der Waals surface area (Å²) in [6.45, 7) is 2.14. The molecule has 4 rings (SSSR count). The molecule has 1 aliphatic heterocycles. The fourth-order valence-electron chi connectivity index (χ4n) is 3.94. The molecule has 1 saturated heterocycles. The Morgan fingerprint density at radius 3 is 2.54 bits per heavy atom. The van der Waals surface area contributed by atoms with Gasteiger partial charge < -0.3 is 10.1 Å². The Morgan fingerprint density at radius 2 is 1.77 bits per heavy atom. The summed E-state index contributed by atoms with van der Waals surface area (Å²) in [6.07, 6.45) is 3.23. The molecule has 2 N–H and O–H groups in total. The average molecular weight is 348 g/mol. The predicted molar refractivity (Wildman–Crippen MR) is 103 cm³/mol. The lowest BCUT2D eigenvalue weighted by Crippen LogP contribution is -2.38. The largest absolute Gasteiger partial charge is 0.388 e. The molecule has 0 amide bonds. The van der Waals surface area contributed by atoms with Gasteiger partial charge in [0.15, 0.2) is 5.78 Å². The van der Waals surface area contributed by atoms with Crippen molar-refractivity contribution in [1.82, 2.24) is 9.88 Å². The quantitative estimate of drug-likeness (QED) is 0.690. The first-order valence-electron chi connectivity index (χ1n) is 9.27. The molecule has 0 spiro atoms. The van der Waals surface area contributed by atoms with Crippen molar-refractivity contribution >= 4 is 16.7 Å². The van der Waals surface area contributed by atoms with Crippen molar-refractivity contribution in [2.75, 3.05) is 19.6 Å². The van der Waals surface area contributed by atoms with Crippen molar-refractivity contribution < 1.29 is 9.90 Å². The molecule has 1 aliphatic rings. The van der Waals surface area contributed by atoms with Crippen LogP contribution in [0, 0.1) is 5.92 Å². The number of carbonyl (C=O) groups excluding carboxylic acids is 1. The highest BCUT2D eigenvalue weighted by Gasteiger charge is 2.27. The van der Waals surface area contributed by atoms with E-state index in [1.54, 1.807) is 0 Å². The number of H-pyrrole nitrogens is 1. The zero-order chi connectivity index (χ0) is 17.9. The van der Waals surface area contributed by atoms with Gasteiger partial charge in [0.2, 0.25) is 0 Å². The van der Waals surface area contributed by atoms with E-state index in [1.807, 2.05) is 60.8 Å². The lowest BCUT2D eigenvalue weighted by molar-refractivity contribution is 0.0564. The van der Waals surface area contributed by atoms with E-state index in [9.17, 15) is 9.90 Å². The number of hydrogen-bond acceptors (Lipinski definition) is 3. The third-order valence-corrected chi connectivity index (χ3v) is 5.48. The van der Waals surface area contributed by atoms with Crippen molar-refractivity contribution in [2.45, 2.75) is 18.9 Å². The van der Waals surface area contributed by atoms with Gasteiger partial charge in [0.25, 0.3) is 0 Å². The second-order valence-corrected chi connectivity index (χ2v) is 7.14. The van der Waals surface area contributed by atoms with Crippen LogP contribution < -0.4 is 0 Å². The van der Waals surface area contributed by atoms with Gasteiger partial charge >= 0.3 is 0 Å². The van der Waals surface area contributed by atoms with Crippen LogP contribution in [0.1, 0.15) is 34.9 Å². The first-order chi connectivity index (χ1) is 12.7. The number of rotatable bonds is 5. The van der Waals surface area contributed by atoms with Gasteiger partial charge in [0, 0.05) is 22.7 Å². The smallest absolute Gasteiger partial charge is 0.178 e. The fourth-order valence-corrected chi connectivity index (χ4v) is 3.94. The molecule has 26 heavy (non-hydrogen) atoms. The number of piperidine rings is 1. The number of aromatic amines is 1. The molecule has 1 fully saturated rings. The maximum absolute atomic E-state index is 12.7. The average Bonchev–Trinajstić information content (AvgIpc) is 3.13. The summed E-state index contributed by atoms with van der Waals surface area (Å²) in [4.78, 5) is 18.1. The van der Waals surface area contributed by atoms with E-state index < -0.39 is 6.10 Å². The van der Waals surface area contributed by atoms with Crippen LogP contribution in [-0.2, 0) is 0 Å².